The number of imide groups is 1. The zero-order valence-corrected chi connectivity index (χ0v) is 17.4. The summed E-state index contributed by atoms with van der Waals surface area (Å²) in [5.74, 6) is -2.65. The lowest BCUT2D eigenvalue weighted by atomic mass is 10.1. The van der Waals surface area contributed by atoms with Crippen LogP contribution in [-0.4, -0.2) is 17.7 Å². The van der Waals surface area contributed by atoms with E-state index in [1.54, 1.807) is 18.2 Å². The molecule has 0 spiro atoms. The predicted octanol–water partition coefficient (Wildman–Crippen LogP) is 4.19. The molecule has 0 saturated heterocycles. The number of hydrogen-bond acceptors (Lipinski definition) is 4. The summed E-state index contributed by atoms with van der Waals surface area (Å²) in [6.07, 6.45) is 0. The molecular weight excluding hydrogens is 433 g/mol. The van der Waals surface area contributed by atoms with E-state index in [0.29, 0.717) is 22.7 Å². The Kier molecular flexibility index (Phi) is 6.00. The highest BCUT2D eigenvalue weighted by Crippen LogP contribution is 2.31. The standard InChI is InChI=1S/C24H17ClFN3O3/c25-20-21(24(32)29(23(20)31)19-12-5-4-11-18(19)26)28-17-10-6-9-16(13-17)22(30)27-14-15-7-2-1-3-8-15/h1-13,28H,14H2,(H,27,30). The second kappa shape index (κ2) is 9.03. The van der Waals surface area contributed by atoms with Gasteiger partial charge in [-0.3, -0.25) is 14.4 Å². The van der Waals surface area contributed by atoms with Gasteiger partial charge in [0.15, 0.2) is 0 Å². The summed E-state index contributed by atoms with van der Waals surface area (Å²) in [6.45, 7) is 0.360. The Morgan fingerprint density at radius 1 is 0.906 bits per heavy atom. The number of rotatable bonds is 6. The van der Waals surface area contributed by atoms with Gasteiger partial charge in [0.1, 0.15) is 16.5 Å². The summed E-state index contributed by atoms with van der Waals surface area (Å²) in [4.78, 5) is 38.5. The summed E-state index contributed by atoms with van der Waals surface area (Å²) in [5.41, 5.74) is 1.30. The highest BCUT2D eigenvalue weighted by Gasteiger charge is 2.40. The van der Waals surface area contributed by atoms with Crippen LogP contribution in [0.1, 0.15) is 15.9 Å². The topological polar surface area (TPSA) is 78.5 Å². The maximum atomic E-state index is 14.1. The lowest BCUT2D eigenvalue weighted by Crippen LogP contribution is -2.33. The Balaban J connectivity index is 1.50. The van der Waals surface area contributed by atoms with Crippen molar-refractivity contribution in [2.75, 3.05) is 10.2 Å². The van der Waals surface area contributed by atoms with Gasteiger partial charge in [-0.25, -0.2) is 9.29 Å². The number of carbonyl (C=O) groups excluding carboxylic acids is 3. The average Bonchev–Trinajstić information content (AvgIpc) is 3.02. The number of benzene rings is 3. The molecule has 0 aromatic heterocycles. The molecule has 2 N–H and O–H groups in total. The average molecular weight is 450 g/mol. The molecule has 3 aromatic rings. The second-order valence-corrected chi connectivity index (χ2v) is 7.34. The Morgan fingerprint density at radius 3 is 2.38 bits per heavy atom. The first-order chi connectivity index (χ1) is 15.5. The SMILES string of the molecule is O=C(NCc1ccccc1)c1cccc(NC2=C(Cl)C(=O)N(c3ccccc3F)C2=O)c1. The van der Waals surface area contributed by atoms with Crippen LogP contribution in [0.2, 0.25) is 0 Å². The smallest absolute Gasteiger partial charge is 0.283 e. The predicted molar refractivity (Wildman–Crippen MR) is 119 cm³/mol. The molecule has 1 aliphatic rings. The molecule has 0 unspecified atom stereocenters. The second-order valence-electron chi connectivity index (χ2n) is 6.96. The van der Waals surface area contributed by atoms with E-state index >= 15 is 0 Å². The Hall–Kier alpha value is -3.97. The van der Waals surface area contributed by atoms with Crippen molar-refractivity contribution < 1.29 is 18.8 Å². The third-order valence-corrected chi connectivity index (χ3v) is 5.16. The third-order valence-electron chi connectivity index (χ3n) is 4.81. The van der Waals surface area contributed by atoms with Gasteiger partial charge in [-0.15, -0.1) is 0 Å². The fraction of sp³-hybridized carbons (Fsp3) is 0.0417. The number of para-hydroxylation sites is 1. The van der Waals surface area contributed by atoms with Gasteiger partial charge in [0.05, 0.1) is 5.69 Å². The van der Waals surface area contributed by atoms with Crippen LogP contribution < -0.4 is 15.5 Å². The van der Waals surface area contributed by atoms with Crippen molar-refractivity contribution in [2.24, 2.45) is 0 Å². The number of amides is 3. The van der Waals surface area contributed by atoms with Crippen molar-refractivity contribution in [3.8, 4) is 0 Å². The number of nitrogens with zero attached hydrogens (tertiary/aromatic N) is 1. The van der Waals surface area contributed by atoms with E-state index < -0.39 is 17.6 Å². The molecule has 0 bridgehead atoms. The fourth-order valence-electron chi connectivity index (χ4n) is 3.23. The Bertz CT molecular complexity index is 1240. The third kappa shape index (κ3) is 4.24. The quantitative estimate of drug-likeness (QED) is 0.553. The van der Waals surface area contributed by atoms with Gasteiger partial charge >= 0.3 is 0 Å². The minimum atomic E-state index is -0.832. The highest BCUT2D eigenvalue weighted by molar-refractivity contribution is 6.53. The monoisotopic (exact) mass is 449 g/mol. The lowest BCUT2D eigenvalue weighted by Gasteiger charge is -2.15. The number of nitrogens with one attached hydrogen (secondary N) is 2. The molecule has 0 atom stereocenters. The maximum Gasteiger partial charge on any atom is 0.283 e. The maximum absolute atomic E-state index is 14.1. The molecular formula is C24H17ClFN3O3. The Labute approximate surface area is 188 Å². The molecule has 32 heavy (non-hydrogen) atoms. The largest absolute Gasteiger partial charge is 0.350 e. The first kappa shape index (κ1) is 21.3. The molecule has 8 heteroatoms. The van der Waals surface area contributed by atoms with E-state index in [2.05, 4.69) is 10.6 Å². The molecule has 0 aliphatic carbocycles. The van der Waals surface area contributed by atoms with E-state index in [1.165, 1.54) is 24.3 Å². The van der Waals surface area contributed by atoms with Gasteiger partial charge < -0.3 is 10.6 Å². The highest BCUT2D eigenvalue weighted by atomic mass is 35.5. The summed E-state index contributed by atoms with van der Waals surface area (Å²) in [5, 5.41) is 5.25. The zero-order chi connectivity index (χ0) is 22.7. The summed E-state index contributed by atoms with van der Waals surface area (Å²) < 4.78 is 14.1. The molecule has 3 amide bonds. The summed E-state index contributed by atoms with van der Waals surface area (Å²) in [7, 11) is 0. The van der Waals surface area contributed by atoms with E-state index in [4.69, 9.17) is 11.6 Å². The first-order valence-corrected chi connectivity index (χ1v) is 10.1. The van der Waals surface area contributed by atoms with Crippen LogP contribution in [0.5, 0.6) is 0 Å². The van der Waals surface area contributed by atoms with Crippen LogP contribution in [-0.2, 0) is 16.1 Å². The van der Waals surface area contributed by atoms with Crippen LogP contribution in [0.15, 0.2) is 89.6 Å². The molecule has 0 fully saturated rings. The van der Waals surface area contributed by atoms with E-state index in [-0.39, 0.29) is 22.3 Å². The normalized spacial score (nSPS) is 13.5. The molecule has 160 valence electrons. The van der Waals surface area contributed by atoms with Crippen molar-refractivity contribution in [1.82, 2.24) is 5.32 Å². The summed E-state index contributed by atoms with van der Waals surface area (Å²) >= 11 is 6.09. The summed E-state index contributed by atoms with van der Waals surface area (Å²) in [6, 6.07) is 21.3. The van der Waals surface area contributed by atoms with Crippen LogP contribution in [0, 0.1) is 5.82 Å². The minimum Gasteiger partial charge on any atom is -0.350 e. The van der Waals surface area contributed by atoms with Crippen LogP contribution in [0.4, 0.5) is 15.8 Å². The van der Waals surface area contributed by atoms with Gasteiger partial charge in [0.2, 0.25) is 0 Å². The van der Waals surface area contributed by atoms with Gasteiger partial charge in [-0.1, -0.05) is 60.1 Å². The van der Waals surface area contributed by atoms with E-state index in [1.807, 2.05) is 30.3 Å². The molecule has 0 radical (unpaired) electrons. The van der Waals surface area contributed by atoms with Crippen molar-refractivity contribution >= 4 is 40.7 Å². The molecule has 3 aromatic carbocycles. The fourth-order valence-corrected chi connectivity index (χ4v) is 3.44. The van der Waals surface area contributed by atoms with Gasteiger partial charge in [-0.05, 0) is 35.9 Å². The Morgan fingerprint density at radius 2 is 1.62 bits per heavy atom. The van der Waals surface area contributed by atoms with E-state index in [0.717, 1.165) is 11.6 Å². The number of halogens is 2. The van der Waals surface area contributed by atoms with Crippen LogP contribution in [0.25, 0.3) is 0 Å². The van der Waals surface area contributed by atoms with Gasteiger partial charge in [0, 0.05) is 17.8 Å². The zero-order valence-electron chi connectivity index (χ0n) is 16.6. The molecule has 1 heterocycles. The molecule has 6 nitrogen and oxygen atoms in total. The van der Waals surface area contributed by atoms with Crippen molar-refractivity contribution in [2.45, 2.75) is 6.54 Å². The minimum absolute atomic E-state index is 0.188. The molecule has 0 saturated carbocycles. The van der Waals surface area contributed by atoms with Crippen molar-refractivity contribution in [3.05, 3.63) is 107 Å². The number of hydrogen-bond donors (Lipinski definition) is 2. The van der Waals surface area contributed by atoms with Gasteiger partial charge in [0.25, 0.3) is 17.7 Å². The van der Waals surface area contributed by atoms with Gasteiger partial charge in [-0.2, -0.15) is 0 Å². The van der Waals surface area contributed by atoms with Crippen molar-refractivity contribution in [3.63, 3.8) is 0 Å². The lowest BCUT2D eigenvalue weighted by molar-refractivity contribution is -0.120. The number of anilines is 2. The first-order valence-electron chi connectivity index (χ1n) is 9.68. The van der Waals surface area contributed by atoms with Crippen molar-refractivity contribution in [1.29, 1.82) is 0 Å². The molecule has 1 aliphatic heterocycles. The van der Waals surface area contributed by atoms with Crippen LogP contribution in [0.3, 0.4) is 0 Å². The molecule has 4 rings (SSSR count). The number of carbonyl (C=O) groups is 3. The van der Waals surface area contributed by atoms with E-state index in [9.17, 15) is 18.8 Å². The van der Waals surface area contributed by atoms with Crippen LogP contribution >= 0.6 is 11.6 Å².